The van der Waals surface area contributed by atoms with E-state index in [9.17, 15) is 14.4 Å². The lowest BCUT2D eigenvalue weighted by Crippen LogP contribution is -2.30. The van der Waals surface area contributed by atoms with Gasteiger partial charge in [0.25, 0.3) is 0 Å². The fourth-order valence-corrected chi connectivity index (χ4v) is 7.86. The number of hydrogen-bond donors (Lipinski definition) is 0. The van der Waals surface area contributed by atoms with Crippen LogP contribution in [0, 0.1) is 0 Å². The van der Waals surface area contributed by atoms with E-state index in [1.165, 1.54) is 167 Å². The lowest BCUT2D eigenvalue weighted by Gasteiger charge is -2.18. The normalized spacial score (nSPS) is 12.4. The molecule has 0 aromatic rings. The molecule has 0 saturated heterocycles. The first-order valence-corrected chi connectivity index (χ1v) is 27.6. The van der Waals surface area contributed by atoms with Crippen LogP contribution >= 0.6 is 0 Å². The number of carbonyl (C=O) groups is 3. The van der Waals surface area contributed by atoms with E-state index in [0.29, 0.717) is 19.3 Å². The van der Waals surface area contributed by atoms with Gasteiger partial charge >= 0.3 is 17.9 Å². The summed E-state index contributed by atoms with van der Waals surface area (Å²) in [7, 11) is 0. The van der Waals surface area contributed by atoms with Crippen molar-refractivity contribution in [2.45, 2.75) is 290 Å². The van der Waals surface area contributed by atoms with Crippen molar-refractivity contribution in [2.24, 2.45) is 0 Å². The molecule has 6 heteroatoms. The second-order valence-corrected chi connectivity index (χ2v) is 18.5. The van der Waals surface area contributed by atoms with Crippen molar-refractivity contribution in [3.05, 3.63) is 48.6 Å². The van der Waals surface area contributed by atoms with Gasteiger partial charge in [-0.25, -0.2) is 0 Å². The van der Waals surface area contributed by atoms with Crippen molar-refractivity contribution in [1.82, 2.24) is 0 Å². The molecule has 0 aliphatic heterocycles. The van der Waals surface area contributed by atoms with Gasteiger partial charge in [0.15, 0.2) is 6.10 Å². The average Bonchev–Trinajstić information content (AvgIpc) is 3.29. The van der Waals surface area contributed by atoms with Crippen LogP contribution in [0.2, 0.25) is 0 Å². The molecule has 1 atom stereocenters. The van der Waals surface area contributed by atoms with Gasteiger partial charge in [0, 0.05) is 19.3 Å². The van der Waals surface area contributed by atoms with Crippen LogP contribution in [-0.2, 0) is 28.6 Å². The Morgan fingerprint density at radius 2 is 0.562 bits per heavy atom. The molecule has 6 nitrogen and oxygen atoms in total. The maximum absolute atomic E-state index is 12.8. The molecule has 0 spiro atoms. The predicted molar refractivity (Wildman–Crippen MR) is 275 cm³/mol. The van der Waals surface area contributed by atoms with Crippen molar-refractivity contribution in [1.29, 1.82) is 0 Å². The van der Waals surface area contributed by atoms with Gasteiger partial charge in [-0.15, -0.1) is 0 Å². The zero-order valence-electron chi connectivity index (χ0n) is 42.6. The first kappa shape index (κ1) is 61.4. The number of unbranched alkanes of at least 4 members (excludes halogenated alkanes) is 31. The Balaban J connectivity index is 4.31. The maximum Gasteiger partial charge on any atom is 0.306 e. The van der Waals surface area contributed by atoms with E-state index in [4.69, 9.17) is 14.2 Å². The Kier molecular flexibility index (Phi) is 50.8. The third-order valence-electron chi connectivity index (χ3n) is 12.1. The first-order valence-electron chi connectivity index (χ1n) is 27.6. The van der Waals surface area contributed by atoms with E-state index >= 15 is 0 Å². The number of esters is 3. The van der Waals surface area contributed by atoms with E-state index in [1.54, 1.807) is 0 Å². The minimum absolute atomic E-state index is 0.0770. The summed E-state index contributed by atoms with van der Waals surface area (Å²) in [4.78, 5) is 38.0. The molecule has 0 radical (unpaired) electrons. The average molecular weight is 897 g/mol. The third kappa shape index (κ3) is 50.4. The van der Waals surface area contributed by atoms with Crippen molar-refractivity contribution in [2.75, 3.05) is 13.2 Å². The highest BCUT2D eigenvalue weighted by Gasteiger charge is 2.19. The molecule has 0 aliphatic carbocycles. The molecule has 0 aliphatic rings. The van der Waals surface area contributed by atoms with Gasteiger partial charge in [-0.2, -0.15) is 0 Å². The molecule has 0 bridgehead atoms. The van der Waals surface area contributed by atoms with Crippen LogP contribution in [-0.4, -0.2) is 37.2 Å². The third-order valence-corrected chi connectivity index (χ3v) is 12.1. The van der Waals surface area contributed by atoms with Gasteiger partial charge < -0.3 is 14.2 Å². The van der Waals surface area contributed by atoms with Crippen LogP contribution < -0.4 is 0 Å². The van der Waals surface area contributed by atoms with Crippen LogP contribution in [0.1, 0.15) is 284 Å². The van der Waals surface area contributed by atoms with Crippen LogP contribution in [0.4, 0.5) is 0 Å². The van der Waals surface area contributed by atoms with Gasteiger partial charge in [0.1, 0.15) is 13.2 Å². The standard InChI is InChI=1S/C58H104O6/c1-4-7-10-13-16-19-21-23-25-27-29-31-32-34-36-39-42-45-48-51-57(60)63-54-55(53-62-56(59)50-47-44-41-38-18-15-12-9-6-3)64-58(61)52-49-46-43-40-37-35-33-30-28-26-24-22-20-17-14-11-8-5-2/h16,19,23,25-26,28-29,31,55H,4-15,17-18,20-22,24,27,30,32-54H2,1-3H3/b19-16-,25-23-,28-26-,31-29-. The fraction of sp³-hybridized carbons (Fsp3) is 0.810. The smallest absolute Gasteiger partial charge is 0.306 e. The van der Waals surface area contributed by atoms with Crippen molar-refractivity contribution in [3.8, 4) is 0 Å². The van der Waals surface area contributed by atoms with E-state index < -0.39 is 6.10 Å². The van der Waals surface area contributed by atoms with Crippen molar-refractivity contribution >= 4 is 17.9 Å². The summed E-state index contributed by atoms with van der Waals surface area (Å²) in [5, 5.41) is 0. The van der Waals surface area contributed by atoms with Crippen molar-refractivity contribution in [3.63, 3.8) is 0 Å². The zero-order chi connectivity index (χ0) is 46.5. The molecule has 0 N–H and O–H groups in total. The number of carbonyl (C=O) groups excluding carboxylic acids is 3. The monoisotopic (exact) mass is 897 g/mol. The summed E-state index contributed by atoms with van der Waals surface area (Å²) >= 11 is 0. The summed E-state index contributed by atoms with van der Waals surface area (Å²) in [5.74, 6) is -0.887. The largest absolute Gasteiger partial charge is 0.462 e. The summed E-state index contributed by atoms with van der Waals surface area (Å²) in [6.45, 7) is 6.60. The molecular formula is C58H104O6. The molecule has 0 aromatic carbocycles. The van der Waals surface area contributed by atoms with Gasteiger partial charge in [0.05, 0.1) is 0 Å². The molecular weight excluding hydrogens is 793 g/mol. The molecule has 372 valence electrons. The molecule has 0 amide bonds. The Morgan fingerprint density at radius 3 is 0.922 bits per heavy atom. The second kappa shape index (κ2) is 53.0. The van der Waals surface area contributed by atoms with E-state index in [1.807, 2.05) is 0 Å². The molecule has 64 heavy (non-hydrogen) atoms. The minimum Gasteiger partial charge on any atom is -0.462 e. The molecule has 0 rings (SSSR count). The number of rotatable bonds is 50. The molecule has 0 fully saturated rings. The SMILES string of the molecule is CCCCC/C=C\C/C=C\C/C=C\CCCCCCCCC(=O)OCC(COC(=O)CCCCCCCCCCC)OC(=O)CCCCCCCCC/C=C\CCCCCCCCC. The Labute approximate surface area is 397 Å². The van der Waals surface area contributed by atoms with E-state index in [-0.39, 0.29) is 31.1 Å². The van der Waals surface area contributed by atoms with Crippen LogP contribution in [0.15, 0.2) is 48.6 Å². The zero-order valence-corrected chi connectivity index (χ0v) is 42.6. The summed E-state index contributed by atoms with van der Waals surface area (Å²) in [5.41, 5.74) is 0. The van der Waals surface area contributed by atoms with Gasteiger partial charge in [-0.05, 0) is 83.5 Å². The van der Waals surface area contributed by atoms with Crippen molar-refractivity contribution < 1.29 is 28.6 Å². The predicted octanol–water partition coefficient (Wildman–Crippen LogP) is 18.3. The van der Waals surface area contributed by atoms with E-state index in [0.717, 1.165) is 77.0 Å². The highest BCUT2D eigenvalue weighted by Crippen LogP contribution is 2.15. The fourth-order valence-electron chi connectivity index (χ4n) is 7.86. The van der Waals surface area contributed by atoms with Gasteiger partial charge in [0.2, 0.25) is 0 Å². The van der Waals surface area contributed by atoms with Gasteiger partial charge in [-0.3, -0.25) is 14.4 Å². The number of hydrogen-bond acceptors (Lipinski definition) is 6. The topological polar surface area (TPSA) is 78.9 Å². The Hall–Kier alpha value is -2.63. The summed E-state index contributed by atoms with van der Waals surface area (Å²) < 4.78 is 16.8. The Bertz CT molecular complexity index is 1120. The maximum atomic E-state index is 12.8. The van der Waals surface area contributed by atoms with Crippen LogP contribution in [0.3, 0.4) is 0 Å². The highest BCUT2D eigenvalue weighted by molar-refractivity contribution is 5.71. The molecule has 0 saturated carbocycles. The van der Waals surface area contributed by atoms with Gasteiger partial charge in [-0.1, -0.05) is 230 Å². The lowest BCUT2D eigenvalue weighted by atomic mass is 10.1. The second-order valence-electron chi connectivity index (χ2n) is 18.5. The number of allylic oxidation sites excluding steroid dienone is 8. The van der Waals surface area contributed by atoms with Crippen LogP contribution in [0.25, 0.3) is 0 Å². The molecule has 0 aromatic heterocycles. The molecule has 0 heterocycles. The number of ether oxygens (including phenoxy) is 3. The minimum atomic E-state index is -0.777. The summed E-state index contributed by atoms with van der Waals surface area (Å²) in [6, 6.07) is 0. The quantitative estimate of drug-likeness (QED) is 0.0262. The van der Waals surface area contributed by atoms with Crippen LogP contribution in [0.5, 0.6) is 0 Å². The highest BCUT2D eigenvalue weighted by atomic mass is 16.6. The summed E-state index contributed by atoms with van der Waals surface area (Å²) in [6.07, 6.45) is 63.8. The Morgan fingerprint density at radius 1 is 0.312 bits per heavy atom. The lowest BCUT2D eigenvalue weighted by molar-refractivity contribution is -0.167. The first-order chi connectivity index (χ1) is 31.5. The molecule has 1 unspecified atom stereocenters. The van der Waals surface area contributed by atoms with E-state index in [2.05, 4.69) is 69.4 Å².